The Labute approximate surface area is 178 Å². The van der Waals surface area contributed by atoms with Crippen molar-refractivity contribution in [2.45, 2.75) is 58.8 Å². The fourth-order valence-electron chi connectivity index (χ4n) is 4.06. The molecule has 3 nitrogen and oxygen atoms in total. The number of halogens is 5. The molecule has 1 amide bonds. The van der Waals surface area contributed by atoms with Crippen LogP contribution in [0.4, 0.5) is 33.3 Å². The summed E-state index contributed by atoms with van der Waals surface area (Å²) in [6.45, 7) is 7.84. The molecule has 1 heterocycles. The predicted molar refractivity (Wildman–Crippen MR) is 111 cm³/mol. The third kappa shape index (κ3) is 4.38. The summed E-state index contributed by atoms with van der Waals surface area (Å²) in [5.74, 6) is 0. The van der Waals surface area contributed by atoms with E-state index in [1.165, 1.54) is 0 Å². The Hall–Kier alpha value is -2.64. The first-order valence-electron chi connectivity index (χ1n) is 10.1. The SMILES string of the molecule is CCC1CN([C@H](C)c2cc(C(F)F)cc(C(F)(F)F)c2)c2cc(C)c(C)cc2N1C=O. The highest BCUT2D eigenvalue weighted by molar-refractivity contribution is 5.88. The van der Waals surface area contributed by atoms with E-state index < -0.39 is 29.8 Å². The number of anilines is 2. The van der Waals surface area contributed by atoms with Gasteiger partial charge in [-0.15, -0.1) is 0 Å². The van der Waals surface area contributed by atoms with Gasteiger partial charge in [-0.05, 0) is 74.2 Å². The molecule has 0 N–H and O–H groups in total. The zero-order valence-corrected chi connectivity index (χ0v) is 17.8. The Kier molecular flexibility index (Phi) is 6.30. The van der Waals surface area contributed by atoms with Gasteiger partial charge < -0.3 is 9.80 Å². The van der Waals surface area contributed by atoms with Crippen molar-refractivity contribution in [1.29, 1.82) is 0 Å². The quantitative estimate of drug-likeness (QED) is 0.387. The van der Waals surface area contributed by atoms with Gasteiger partial charge >= 0.3 is 6.18 Å². The summed E-state index contributed by atoms with van der Waals surface area (Å²) in [4.78, 5) is 15.4. The van der Waals surface area contributed by atoms with Crippen molar-refractivity contribution in [3.8, 4) is 0 Å². The molecule has 0 saturated heterocycles. The van der Waals surface area contributed by atoms with Gasteiger partial charge in [0.05, 0.1) is 29.0 Å². The molecule has 168 valence electrons. The monoisotopic (exact) mass is 440 g/mol. The molecule has 1 aliphatic rings. The molecular weight excluding hydrogens is 415 g/mol. The summed E-state index contributed by atoms with van der Waals surface area (Å²) in [6.07, 6.45) is -6.34. The van der Waals surface area contributed by atoms with Crippen LogP contribution >= 0.6 is 0 Å². The minimum atomic E-state index is -4.73. The lowest BCUT2D eigenvalue weighted by atomic mass is 9.95. The molecule has 0 fully saturated rings. The highest BCUT2D eigenvalue weighted by Crippen LogP contribution is 2.43. The summed E-state index contributed by atoms with van der Waals surface area (Å²) in [7, 11) is 0. The van der Waals surface area contributed by atoms with Crippen LogP contribution in [0, 0.1) is 13.8 Å². The van der Waals surface area contributed by atoms with Gasteiger partial charge in [0.25, 0.3) is 6.43 Å². The molecule has 0 radical (unpaired) electrons. The molecule has 0 bridgehead atoms. The molecule has 0 aromatic heterocycles. The van der Waals surface area contributed by atoms with E-state index in [4.69, 9.17) is 0 Å². The van der Waals surface area contributed by atoms with Gasteiger partial charge in [0.15, 0.2) is 0 Å². The number of amides is 1. The first-order valence-corrected chi connectivity index (χ1v) is 10.1. The Morgan fingerprint density at radius 3 is 2.13 bits per heavy atom. The van der Waals surface area contributed by atoms with Gasteiger partial charge in [-0.3, -0.25) is 4.79 Å². The van der Waals surface area contributed by atoms with E-state index in [1.54, 1.807) is 11.8 Å². The molecule has 2 aromatic carbocycles. The fourth-order valence-corrected chi connectivity index (χ4v) is 4.06. The van der Waals surface area contributed by atoms with Gasteiger partial charge in [-0.25, -0.2) is 8.78 Å². The summed E-state index contributed by atoms with van der Waals surface area (Å²) in [5.41, 5.74) is 1.72. The molecule has 3 rings (SSSR count). The van der Waals surface area contributed by atoms with Crippen LogP contribution in [-0.2, 0) is 11.0 Å². The number of rotatable bonds is 5. The standard InChI is InChI=1S/C23H25F5N2O/c1-5-19-11-29(20-6-13(2)14(3)7-21(20)30(19)12-31)15(4)16-8-17(22(24)25)10-18(9-16)23(26,27)28/h6-10,12,15,19,22H,5,11H2,1-4H3/t15-,19?/m1/s1. The van der Waals surface area contributed by atoms with Crippen molar-refractivity contribution >= 4 is 17.8 Å². The smallest absolute Gasteiger partial charge is 0.361 e. The lowest BCUT2D eigenvalue weighted by Crippen LogP contribution is -2.49. The van der Waals surface area contributed by atoms with Crippen LogP contribution in [0.5, 0.6) is 0 Å². The average molecular weight is 440 g/mol. The second kappa shape index (κ2) is 8.48. The highest BCUT2D eigenvalue weighted by Gasteiger charge is 2.36. The van der Waals surface area contributed by atoms with Crippen molar-refractivity contribution in [2.24, 2.45) is 0 Å². The normalized spacial score (nSPS) is 17.7. The van der Waals surface area contributed by atoms with Gasteiger partial charge in [0, 0.05) is 12.1 Å². The maximum atomic E-state index is 13.4. The molecule has 1 aliphatic heterocycles. The second-order valence-electron chi connectivity index (χ2n) is 8.02. The highest BCUT2D eigenvalue weighted by atomic mass is 19.4. The molecule has 31 heavy (non-hydrogen) atoms. The summed E-state index contributed by atoms with van der Waals surface area (Å²) in [5, 5.41) is 0. The van der Waals surface area contributed by atoms with E-state index in [9.17, 15) is 26.7 Å². The molecule has 0 aliphatic carbocycles. The van der Waals surface area contributed by atoms with Gasteiger partial charge in [-0.2, -0.15) is 13.2 Å². The summed E-state index contributed by atoms with van der Waals surface area (Å²) >= 11 is 0. The molecule has 8 heteroatoms. The van der Waals surface area contributed by atoms with Crippen LogP contribution < -0.4 is 9.80 Å². The molecule has 2 atom stereocenters. The topological polar surface area (TPSA) is 23.6 Å². The number of aryl methyl sites for hydroxylation is 2. The molecule has 0 spiro atoms. The van der Waals surface area contributed by atoms with E-state index in [2.05, 4.69) is 0 Å². The Bertz CT molecular complexity index is 973. The lowest BCUT2D eigenvalue weighted by molar-refractivity contribution is -0.137. The number of carbonyl (C=O) groups is 1. The van der Waals surface area contributed by atoms with E-state index in [-0.39, 0.29) is 11.6 Å². The average Bonchev–Trinajstić information content (AvgIpc) is 2.72. The van der Waals surface area contributed by atoms with Crippen molar-refractivity contribution in [3.05, 3.63) is 58.1 Å². The number of hydrogen-bond acceptors (Lipinski definition) is 2. The zero-order chi connectivity index (χ0) is 23.1. The lowest BCUT2D eigenvalue weighted by Gasteiger charge is -2.45. The van der Waals surface area contributed by atoms with E-state index in [0.29, 0.717) is 30.4 Å². The maximum absolute atomic E-state index is 13.4. The maximum Gasteiger partial charge on any atom is 0.416 e. The third-order valence-electron chi connectivity index (χ3n) is 6.07. The van der Waals surface area contributed by atoms with Crippen molar-refractivity contribution < 1.29 is 26.7 Å². The van der Waals surface area contributed by atoms with Crippen molar-refractivity contribution in [1.82, 2.24) is 0 Å². The van der Waals surface area contributed by atoms with Crippen LogP contribution in [0.2, 0.25) is 0 Å². The summed E-state index contributed by atoms with van der Waals surface area (Å²) in [6, 6.07) is 5.56. The Morgan fingerprint density at radius 2 is 1.61 bits per heavy atom. The minimum Gasteiger partial charge on any atom is -0.361 e. The molecular formula is C23H25F5N2O. The molecule has 2 aromatic rings. The largest absolute Gasteiger partial charge is 0.416 e. The van der Waals surface area contributed by atoms with E-state index in [1.807, 2.05) is 37.8 Å². The van der Waals surface area contributed by atoms with Gasteiger partial charge in [0.1, 0.15) is 0 Å². The first-order chi connectivity index (χ1) is 14.5. The fraction of sp³-hybridized carbons (Fsp3) is 0.435. The Morgan fingerprint density at radius 1 is 1.03 bits per heavy atom. The third-order valence-corrected chi connectivity index (χ3v) is 6.07. The van der Waals surface area contributed by atoms with Crippen LogP contribution in [0.25, 0.3) is 0 Å². The number of fused-ring (bicyclic) bond motifs is 1. The number of nitrogens with zero attached hydrogens (tertiary/aromatic N) is 2. The van der Waals surface area contributed by atoms with Crippen molar-refractivity contribution in [3.63, 3.8) is 0 Å². The Balaban J connectivity index is 2.15. The van der Waals surface area contributed by atoms with Crippen molar-refractivity contribution in [2.75, 3.05) is 16.3 Å². The number of benzene rings is 2. The number of carbonyl (C=O) groups excluding carboxylic acids is 1. The van der Waals surface area contributed by atoms with Crippen LogP contribution in [0.3, 0.4) is 0 Å². The molecule has 1 unspecified atom stereocenters. The van der Waals surface area contributed by atoms with Gasteiger partial charge in [0.2, 0.25) is 6.41 Å². The first kappa shape index (κ1) is 23.0. The van der Waals surface area contributed by atoms with E-state index >= 15 is 0 Å². The van der Waals surface area contributed by atoms with Gasteiger partial charge in [-0.1, -0.05) is 6.92 Å². The molecule has 0 saturated carbocycles. The predicted octanol–water partition coefficient (Wildman–Crippen LogP) is 6.58. The zero-order valence-electron chi connectivity index (χ0n) is 17.8. The van der Waals surface area contributed by atoms with Crippen LogP contribution in [0.15, 0.2) is 30.3 Å². The summed E-state index contributed by atoms with van der Waals surface area (Å²) < 4.78 is 66.8. The second-order valence-corrected chi connectivity index (χ2v) is 8.02. The van der Waals surface area contributed by atoms with E-state index in [0.717, 1.165) is 29.7 Å². The minimum absolute atomic E-state index is 0.156. The number of hydrogen-bond donors (Lipinski definition) is 0. The number of alkyl halides is 5. The van der Waals surface area contributed by atoms with Crippen LogP contribution in [-0.4, -0.2) is 19.0 Å². The van der Waals surface area contributed by atoms with Crippen LogP contribution in [0.1, 0.15) is 60.6 Å².